The lowest BCUT2D eigenvalue weighted by Crippen LogP contribution is -2.40. The molecule has 0 aromatic heterocycles. The van der Waals surface area contributed by atoms with Gasteiger partial charge in [-0.3, -0.25) is 4.79 Å². The molecule has 0 aliphatic heterocycles. The fraction of sp³-hybridized carbons (Fsp3) is 0.417. The Morgan fingerprint density at radius 2 is 1.81 bits per heavy atom. The molecular weight excluding hydrogens is 519 g/mol. The van der Waals surface area contributed by atoms with Crippen LogP contribution in [0.3, 0.4) is 0 Å². The number of hydrogen-bond acceptors (Lipinski definition) is 4. The van der Waals surface area contributed by atoms with Crippen LogP contribution >= 0.6 is 24.0 Å². The first-order chi connectivity index (χ1) is 14.8. The molecule has 7 nitrogen and oxygen atoms in total. The Morgan fingerprint density at radius 3 is 2.44 bits per heavy atom. The number of halogens is 1. The average molecular weight is 554 g/mol. The zero-order chi connectivity index (χ0) is 22.9. The molecule has 2 aromatic rings. The number of methoxy groups -OCH3 is 1. The molecule has 0 saturated heterocycles. The van der Waals surface area contributed by atoms with Crippen LogP contribution in [0.15, 0.2) is 47.5 Å². The molecule has 0 atom stereocenters. The summed E-state index contributed by atoms with van der Waals surface area (Å²) in [6, 6.07) is 13.2. The standard InChI is InChI=1S/C24H34N4O3.HI/c1-7-25-23(27-19-12-13-20(30-6)21(15-19)31-8-2)26-16-17-10-9-11-18(14-17)22(29)28-24(3,4)5;/h9-15H,7-8,16H2,1-6H3,(H,28,29)(H2,25,26,27);1H. The minimum atomic E-state index is -0.286. The number of nitrogens with one attached hydrogen (secondary N) is 3. The normalized spacial score (nSPS) is 11.2. The van der Waals surface area contributed by atoms with Gasteiger partial charge in [0.05, 0.1) is 20.3 Å². The van der Waals surface area contributed by atoms with Crippen molar-refractivity contribution in [3.05, 3.63) is 53.6 Å². The number of guanidine groups is 1. The Morgan fingerprint density at radius 1 is 1.06 bits per heavy atom. The van der Waals surface area contributed by atoms with Gasteiger partial charge in [0.1, 0.15) is 0 Å². The first-order valence-corrected chi connectivity index (χ1v) is 10.5. The van der Waals surface area contributed by atoms with E-state index in [1.54, 1.807) is 7.11 Å². The number of carbonyl (C=O) groups is 1. The van der Waals surface area contributed by atoms with E-state index < -0.39 is 0 Å². The lowest BCUT2D eigenvalue weighted by atomic mass is 10.1. The van der Waals surface area contributed by atoms with Crippen molar-refractivity contribution in [2.24, 2.45) is 4.99 Å². The monoisotopic (exact) mass is 554 g/mol. The first-order valence-electron chi connectivity index (χ1n) is 10.5. The quantitative estimate of drug-likeness (QED) is 0.248. The Kier molecular flexibility index (Phi) is 11.3. The van der Waals surface area contributed by atoms with Crippen molar-refractivity contribution in [1.29, 1.82) is 0 Å². The van der Waals surface area contributed by atoms with Crippen LogP contribution in [0.4, 0.5) is 5.69 Å². The fourth-order valence-electron chi connectivity index (χ4n) is 2.86. The molecule has 2 aromatic carbocycles. The molecule has 32 heavy (non-hydrogen) atoms. The fourth-order valence-corrected chi connectivity index (χ4v) is 2.86. The maximum absolute atomic E-state index is 12.4. The predicted molar refractivity (Wildman–Crippen MR) is 142 cm³/mol. The number of carbonyl (C=O) groups excluding carboxylic acids is 1. The summed E-state index contributed by atoms with van der Waals surface area (Å²) in [5.74, 6) is 1.90. The maximum Gasteiger partial charge on any atom is 0.251 e. The van der Waals surface area contributed by atoms with Crippen LogP contribution in [0.1, 0.15) is 50.5 Å². The largest absolute Gasteiger partial charge is 0.493 e. The molecule has 0 saturated carbocycles. The van der Waals surface area contributed by atoms with Gasteiger partial charge in [0, 0.05) is 29.4 Å². The number of anilines is 1. The average Bonchev–Trinajstić information content (AvgIpc) is 2.72. The number of aliphatic imine (C=N–C) groups is 1. The number of amides is 1. The molecular formula is C24H35IN4O3. The van der Waals surface area contributed by atoms with Crippen molar-refractivity contribution in [3.8, 4) is 11.5 Å². The van der Waals surface area contributed by atoms with Crippen LogP contribution in [-0.2, 0) is 6.54 Å². The summed E-state index contributed by atoms with van der Waals surface area (Å²) >= 11 is 0. The van der Waals surface area contributed by atoms with Crippen LogP contribution in [0.25, 0.3) is 0 Å². The third-order valence-corrected chi connectivity index (χ3v) is 4.17. The lowest BCUT2D eigenvalue weighted by Gasteiger charge is -2.20. The Bertz CT molecular complexity index is 910. The minimum Gasteiger partial charge on any atom is -0.493 e. The lowest BCUT2D eigenvalue weighted by molar-refractivity contribution is 0.0919. The molecule has 0 aliphatic rings. The van der Waals surface area contributed by atoms with Crippen LogP contribution in [0, 0.1) is 0 Å². The van der Waals surface area contributed by atoms with Crippen molar-refractivity contribution in [1.82, 2.24) is 10.6 Å². The first kappa shape index (κ1) is 27.5. The zero-order valence-corrected chi connectivity index (χ0v) is 22.1. The van der Waals surface area contributed by atoms with E-state index in [1.165, 1.54) is 0 Å². The van der Waals surface area contributed by atoms with Crippen molar-refractivity contribution in [3.63, 3.8) is 0 Å². The Hall–Kier alpha value is -2.49. The van der Waals surface area contributed by atoms with Crippen molar-refractivity contribution in [2.45, 2.75) is 46.7 Å². The van der Waals surface area contributed by atoms with E-state index in [9.17, 15) is 4.79 Å². The smallest absolute Gasteiger partial charge is 0.251 e. The van der Waals surface area contributed by atoms with Gasteiger partial charge in [-0.15, -0.1) is 24.0 Å². The third-order valence-electron chi connectivity index (χ3n) is 4.17. The van der Waals surface area contributed by atoms with E-state index in [0.717, 1.165) is 11.3 Å². The molecule has 0 radical (unpaired) electrons. The molecule has 0 bridgehead atoms. The summed E-state index contributed by atoms with van der Waals surface area (Å²) in [7, 11) is 1.62. The highest BCUT2D eigenvalue weighted by Gasteiger charge is 2.15. The second-order valence-electron chi connectivity index (χ2n) is 8.02. The van der Waals surface area contributed by atoms with Crippen molar-refractivity contribution in [2.75, 3.05) is 25.6 Å². The zero-order valence-electron chi connectivity index (χ0n) is 19.7. The summed E-state index contributed by atoms with van der Waals surface area (Å²) in [6.07, 6.45) is 0. The highest BCUT2D eigenvalue weighted by molar-refractivity contribution is 14.0. The summed E-state index contributed by atoms with van der Waals surface area (Å²) in [6.45, 7) is 11.5. The number of nitrogens with zero attached hydrogens (tertiary/aromatic N) is 1. The molecule has 0 aliphatic carbocycles. The molecule has 8 heteroatoms. The van der Waals surface area contributed by atoms with Gasteiger partial charge in [0.25, 0.3) is 5.91 Å². The topological polar surface area (TPSA) is 84.0 Å². The SMILES string of the molecule is CCNC(=NCc1cccc(C(=O)NC(C)(C)C)c1)Nc1ccc(OC)c(OCC)c1.I. The highest BCUT2D eigenvalue weighted by atomic mass is 127. The molecule has 0 fully saturated rings. The van der Waals surface area contributed by atoms with E-state index >= 15 is 0 Å². The second-order valence-corrected chi connectivity index (χ2v) is 8.02. The van der Waals surface area contributed by atoms with Gasteiger partial charge in [-0.2, -0.15) is 0 Å². The molecule has 0 heterocycles. The van der Waals surface area contributed by atoms with E-state index in [-0.39, 0.29) is 35.4 Å². The van der Waals surface area contributed by atoms with E-state index in [4.69, 9.17) is 9.47 Å². The molecule has 176 valence electrons. The van der Waals surface area contributed by atoms with E-state index in [1.807, 2.05) is 77.1 Å². The number of ether oxygens (including phenoxy) is 2. The summed E-state index contributed by atoms with van der Waals surface area (Å²) in [4.78, 5) is 17.1. The number of benzene rings is 2. The van der Waals surface area contributed by atoms with E-state index in [2.05, 4.69) is 20.9 Å². The van der Waals surface area contributed by atoms with Crippen LogP contribution in [0.2, 0.25) is 0 Å². The van der Waals surface area contributed by atoms with Gasteiger partial charge in [0.15, 0.2) is 17.5 Å². The minimum absolute atomic E-state index is 0. The second kappa shape index (κ2) is 13.1. The Labute approximate surface area is 208 Å². The Balaban J connectivity index is 0.00000512. The van der Waals surface area contributed by atoms with Crippen LogP contribution in [-0.4, -0.2) is 37.7 Å². The molecule has 0 spiro atoms. The van der Waals surface area contributed by atoms with Crippen LogP contribution in [0.5, 0.6) is 11.5 Å². The summed E-state index contributed by atoms with van der Waals surface area (Å²) in [5, 5.41) is 9.51. The summed E-state index contributed by atoms with van der Waals surface area (Å²) < 4.78 is 11.0. The van der Waals surface area contributed by atoms with Crippen LogP contribution < -0.4 is 25.4 Å². The number of hydrogen-bond donors (Lipinski definition) is 3. The van der Waals surface area contributed by atoms with E-state index in [0.29, 0.717) is 42.7 Å². The van der Waals surface area contributed by atoms with Gasteiger partial charge in [-0.05, 0) is 64.4 Å². The molecule has 2 rings (SSSR count). The number of rotatable bonds is 8. The van der Waals surface area contributed by atoms with Gasteiger partial charge in [0.2, 0.25) is 0 Å². The van der Waals surface area contributed by atoms with Gasteiger partial charge in [-0.25, -0.2) is 4.99 Å². The van der Waals surface area contributed by atoms with Gasteiger partial charge < -0.3 is 25.4 Å². The molecule has 1 amide bonds. The highest BCUT2D eigenvalue weighted by Crippen LogP contribution is 2.30. The maximum atomic E-state index is 12.4. The third kappa shape index (κ3) is 8.94. The van der Waals surface area contributed by atoms with Gasteiger partial charge >= 0.3 is 0 Å². The molecule has 3 N–H and O–H groups in total. The van der Waals surface area contributed by atoms with Gasteiger partial charge in [-0.1, -0.05) is 12.1 Å². The summed E-state index contributed by atoms with van der Waals surface area (Å²) in [5.41, 5.74) is 2.12. The predicted octanol–water partition coefficient (Wildman–Crippen LogP) is 4.82. The molecule has 0 unspecified atom stereocenters. The van der Waals surface area contributed by atoms with Crippen molar-refractivity contribution >= 4 is 41.5 Å². The van der Waals surface area contributed by atoms with Crippen molar-refractivity contribution < 1.29 is 14.3 Å².